The normalized spacial score (nSPS) is 16.4. The Labute approximate surface area is 108 Å². The number of aliphatic hydroxyl groups excluding tert-OH is 1. The minimum Gasteiger partial charge on any atom is -0.493 e. The summed E-state index contributed by atoms with van der Waals surface area (Å²) in [6.45, 7) is 2.15. The molecule has 2 rings (SSSR count). The van der Waals surface area contributed by atoms with Crippen LogP contribution in [0.3, 0.4) is 0 Å². The molecule has 100 valence electrons. The van der Waals surface area contributed by atoms with E-state index in [2.05, 4.69) is 11.9 Å². The fourth-order valence-electron chi connectivity index (χ4n) is 2.14. The highest BCUT2D eigenvalue weighted by atomic mass is 16.5. The molecule has 1 aromatic carbocycles. The van der Waals surface area contributed by atoms with Crippen molar-refractivity contribution in [3.8, 4) is 11.5 Å². The first kappa shape index (κ1) is 13.2. The van der Waals surface area contributed by atoms with E-state index in [4.69, 9.17) is 14.6 Å². The second kappa shape index (κ2) is 6.07. The minimum atomic E-state index is 0.217. The van der Waals surface area contributed by atoms with Crippen LogP contribution < -0.4 is 9.47 Å². The maximum atomic E-state index is 8.83. The number of hydrogen-bond acceptors (Lipinski definition) is 4. The first-order chi connectivity index (χ1) is 8.72. The molecule has 0 unspecified atom stereocenters. The Hall–Kier alpha value is -1.26. The van der Waals surface area contributed by atoms with E-state index in [1.165, 1.54) is 5.56 Å². The molecule has 0 atom stereocenters. The van der Waals surface area contributed by atoms with Crippen LogP contribution in [0, 0.1) is 0 Å². The number of hydrogen-bond donors (Lipinski definition) is 1. The lowest BCUT2D eigenvalue weighted by molar-refractivity contribution is 0.0369. The van der Waals surface area contributed by atoms with Crippen LogP contribution in [0.1, 0.15) is 12.0 Å². The zero-order valence-electron chi connectivity index (χ0n) is 11.1. The standard InChI is InChI=1S/C14H21NO3/c1-15-9-12(10-15)18-13-6-5-11(4-3-7-16)8-14(13)17-2/h5-6,8,12,16H,3-4,7,9-10H2,1-2H3. The molecule has 18 heavy (non-hydrogen) atoms. The van der Waals surface area contributed by atoms with E-state index in [0.717, 1.165) is 37.4 Å². The number of benzene rings is 1. The maximum absolute atomic E-state index is 8.83. The first-order valence-corrected chi connectivity index (χ1v) is 6.36. The third-order valence-electron chi connectivity index (χ3n) is 3.18. The van der Waals surface area contributed by atoms with E-state index in [9.17, 15) is 0 Å². The van der Waals surface area contributed by atoms with Crippen LogP contribution in [-0.2, 0) is 6.42 Å². The van der Waals surface area contributed by atoms with Crippen LogP contribution in [0.4, 0.5) is 0 Å². The van der Waals surface area contributed by atoms with Crippen molar-refractivity contribution in [2.45, 2.75) is 18.9 Å². The highest BCUT2D eigenvalue weighted by Gasteiger charge is 2.25. The molecule has 0 bridgehead atoms. The third kappa shape index (κ3) is 3.15. The molecule has 0 saturated carbocycles. The van der Waals surface area contributed by atoms with Crippen LogP contribution in [0.2, 0.25) is 0 Å². The molecule has 1 aromatic rings. The molecule has 4 nitrogen and oxygen atoms in total. The molecule has 0 aromatic heterocycles. The van der Waals surface area contributed by atoms with Crippen molar-refractivity contribution in [1.82, 2.24) is 4.90 Å². The summed E-state index contributed by atoms with van der Waals surface area (Å²) in [5.74, 6) is 1.59. The van der Waals surface area contributed by atoms with Crippen molar-refractivity contribution in [3.63, 3.8) is 0 Å². The molecule has 0 spiro atoms. The number of aryl methyl sites for hydroxylation is 1. The smallest absolute Gasteiger partial charge is 0.161 e. The third-order valence-corrected chi connectivity index (χ3v) is 3.18. The first-order valence-electron chi connectivity index (χ1n) is 6.36. The molecule has 1 saturated heterocycles. The van der Waals surface area contributed by atoms with E-state index in [-0.39, 0.29) is 12.7 Å². The Kier molecular flexibility index (Phi) is 4.44. The molecule has 1 aliphatic rings. The van der Waals surface area contributed by atoms with Gasteiger partial charge in [-0.15, -0.1) is 0 Å². The van der Waals surface area contributed by atoms with Crippen LogP contribution in [0.5, 0.6) is 11.5 Å². The van der Waals surface area contributed by atoms with Gasteiger partial charge in [0.05, 0.1) is 7.11 Å². The van der Waals surface area contributed by atoms with E-state index in [0.29, 0.717) is 0 Å². The zero-order chi connectivity index (χ0) is 13.0. The van der Waals surface area contributed by atoms with Crippen LogP contribution in [-0.4, -0.2) is 50.0 Å². The van der Waals surface area contributed by atoms with E-state index < -0.39 is 0 Å². The predicted octanol–water partition coefficient (Wildman–Crippen LogP) is 1.31. The number of ether oxygens (including phenoxy) is 2. The second-order valence-electron chi connectivity index (χ2n) is 4.77. The van der Waals surface area contributed by atoms with Gasteiger partial charge in [-0.05, 0) is 37.6 Å². The van der Waals surface area contributed by atoms with E-state index in [1.54, 1.807) is 7.11 Å². The number of aliphatic hydroxyl groups is 1. The largest absolute Gasteiger partial charge is 0.493 e. The Morgan fingerprint density at radius 1 is 1.33 bits per heavy atom. The SMILES string of the molecule is COc1cc(CCCO)ccc1OC1CN(C)C1. The van der Waals surface area contributed by atoms with Gasteiger partial charge in [0.25, 0.3) is 0 Å². The van der Waals surface area contributed by atoms with E-state index in [1.807, 2.05) is 18.2 Å². The van der Waals surface area contributed by atoms with Gasteiger partial charge >= 0.3 is 0 Å². The van der Waals surface area contributed by atoms with Crippen molar-refractivity contribution in [2.24, 2.45) is 0 Å². The Morgan fingerprint density at radius 3 is 2.72 bits per heavy atom. The Morgan fingerprint density at radius 2 is 2.11 bits per heavy atom. The van der Waals surface area contributed by atoms with E-state index >= 15 is 0 Å². The van der Waals surface area contributed by atoms with Gasteiger partial charge in [0.2, 0.25) is 0 Å². The summed E-state index contributed by atoms with van der Waals surface area (Å²) in [6, 6.07) is 5.99. The van der Waals surface area contributed by atoms with Gasteiger partial charge in [-0.3, -0.25) is 4.90 Å². The topological polar surface area (TPSA) is 41.9 Å². The maximum Gasteiger partial charge on any atom is 0.161 e. The highest BCUT2D eigenvalue weighted by molar-refractivity contribution is 5.43. The minimum absolute atomic E-state index is 0.217. The molecule has 1 heterocycles. The van der Waals surface area contributed by atoms with Crippen molar-refractivity contribution >= 4 is 0 Å². The highest BCUT2D eigenvalue weighted by Crippen LogP contribution is 2.30. The summed E-state index contributed by atoms with van der Waals surface area (Å²) in [7, 11) is 3.74. The lowest BCUT2D eigenvalue weighted by atomic mass is 10.1. The zero-order valence-corrected chi connectivity index (χ0v) is 11.1. The molecule has 1 fully saturated rings. The Balaban J connectivity index is 2.01. The lowest BCUT2D eigenvalue weighted by Gasteiger charge is -2.36. The molecule has 4 heteroatoms. The average molecular weight is 251 g/mol. The van der Waals surface area contributed by atoms with Gasteiger partial charge in [-0.1, -0.05) is 6.07 Å². The lowest BCUT2D eigenvalue weighted by Crippen LogP contribution is -2.51. The van der Waals surface area contributed by atoms with Gasteiger partial charge in [0.1, 0.15) is 6.10 Å². The molecule has 0 radical (unpaired) electrons. The Bertz CT molecular complexity index is 389. The summed E-state index contributed by atoms with van der Waals surface area (Å²) in [6.07, 6.45) is 1.91. The van der Waals surface area contributed by atoms with Gasteiger partial charge in [-0.2, -0.15) is 0 Å². The van der Waals surface area contributed by atoms with Crippen molar-refractivity contribution < 1.29 is 14.6 Å². The number of methoxy groups -OCH3 is 1. The molecular weight excluding hydrogens is 230 g/mol. The molecular formula is C14H21NO3. The number of likely N-dealkylation sites (tertiary alicyclic amines) is 1. The quantitative estimate of drug-likeness (QED) is 0.828. The molecule has 1 aliphatic heterocycles. The van der Waals surface area contributed by atoms with Crippen LogP contribution >= 0.6 is 0 Å². The van der Waals surface area contributed by atoms with Crippen LogP contribution in [0.25, 0.3) is 0 Å². The van der Waals surface area contributed by atoms with Gasteiger partial charge in [0.15, 0.2) is 11.5 Å². The summed E-state index contributed by atoms with van der Waals surface area (Å²) < 4.78 is 11.2. The fraction of sp³-hybridized carbons (Fsp3) is 0.571. The van der Waals surface area contributed by atoms with Gasteiger partial charge in [-0.25, -0.2) is 0 Å². The fourth-order valence-corrected chi connectivity index (χ4v) is 2.14. The summed E-state index contributed by atoms with van der Waals surface area (Å²) >= 11 is 0. The summed E-state index contributed by atoms with van der Waals surface area (Å²) in [4.78, 5) is 2.22. The number of rotatable bonds is 6. The summed E-state index contributed by atoms with van der Waals surface area (Å²) in [5.41, 5.74) is 1.17. The average Bonchev–Trinajstić information content (AvgIpc) is 2.35. The molecule has 0 aliphatic carbocycles. The van der Waals surface area contributed by atoms with Gasteiger partial charge in [0, 0.05) is 19.7 Å². The summed E-state index contributed by atoms with van der Waals surface area (Å²) in [5, 5.41) is 8.83. The molecule has 0 amide bonds. The molecule has 1 N–H and O–H groups in total. The van der Waals surface area contributed by atoms with Crippen molar-refractivity contribution in [2.75, 3.05) is 33.9 Å². The predicted molar refractivity (Wildman–Crippen MR) is 70.3 cm³/mol. The monoisotopic (exact) mass is 251 g/mol. The van der Waals surface area contributed by atoms with Crippen molar-refractivity contribution in [3.05, 3.63) is 23.8 Å². The number of likely N-dealkylation sites (N-methyl/N-ethyl adjacent to an activating group) is 1. The number of nitrogens with zero attached hydrogens (tertiary/aromatic N) is 1. The van der Waals surface area contributed by atoms with Crippen molar-refractivity contribution in [1.29, 1.82) is 0 Å². The second-order valence-corrected chi connectivity index (χ2v) is 4.77. The van der Waals surface area contributed by atoms with Crippen LogP contribution in [0.15, 0.2) is 18.2 Å². The van der Waals surface area contributed by atoms with Gasteiger partial charge < -0.3 is 14.6 Å².